The Labute approximate surface area is 170 Å². The number of hydrogen-bond donors (Lipinski definition) is 1. The number of ether oxygens (including phenoxy) is 1. The van der Waals surface area contributed by atoms with E-state index in [4.69, 9.17) is 4.74 Å². The number of benzene rings is 2. The van der Waals surface area contributed by atoms with Crippen molar-refractivity contribution < 1.29 is 17.9 Å². The van der Waals surface area contributed by atoms with Gasteiger partial charge in [0, 0.05) is 29.6 Å². The minimum atomic E-state index is -3.58. The topological polar surface area (TPSA) is 79.5 Å². The number of fused-ring (bicyclic) bond motifs is 1. The second-order valence-corrected chi connectivity index (χ2v) is 9.22. The van der Waals surface area contributed by atoms with Crippen LogP contribution in [0.1, 0.15) is 36.0 Å². The molecule has 29 heavy (non-hydrogen) atoms. The highest BCUT2D eigenvalue weighted by Gasteiger charge is 2.26. The Morgan fingerprint density at radius 3 is 2.31 bits per heavy atom. The molecule has 1 fully saturated rings. The molecule has 1 aliphatic rings. The molecule has 0 atom stereocenters. The van der Waals surface area contributed by atoms with Crippen LogP contribution >= 0.6 is 0 Å². The third kappa shape index (κ3) is 3.68. The average Bonchev–Trinajstić information content (AvgIpc) is 2.90. The molecule has 0 amide bonds. The number of nitrogens with one attached hydrogen (secondary N) is 1. The Balaban J connectivity index is 1.78. The molecule has 152 valence electrons. The molecule has 2 heterocycles. The number of hydrogen-bond acceptors (Lipinski definition) is 4. The van der Waals surface area contributed by atoms with E-state index >= 15 is 0 Å². The first-order chi connectivity index (χ1) is 14.0. The van der Waals surface area contributed by atoms with Gasteiger partial charge in [-0.1, -0.05) is 12.8 Å². The third-order valence-electron chi connectivity index (χ3n) is 5.51. The highest BCUT2D eigenvalue weighted by atomic mass is 32.2. The number of aromatic nitrogens is 1. The Morgan fingerprint density at radius 2 is 1.69 bits per heavy atom. The van der Waals surface area contributed by atoms with E-state index in [1.165, 1.54) is 0 Å². The fraction of sp³-hybridized carbons (Fsp3) is 0.318. The van der Waals surface area contributed by atoms with Gasteiger partial charge in [0.2, 0.25) is 10.0 Å². The summed E-state index contributed by atoms with van der Waals surface area (Å²) in [4.78, 5) is 15.4. The maximum atomic E-state index is 13.1. The Bertz CT molecular complexity index is 1130. The van der Waals surface area contributed by atoms with Gasteiger partial charge in [0.05, 0.1) is 17.7 Å². The van der Waals surface area contributed by atoms with Gasteiger partial charge in [-0.25, -0.2) is 8.42 Å². The fourth-order valence-electron chi connectivity index (χ4n) is 3.89. The van der Waals surface area contributed by atoms with E-state index in [0.29, 0.717) is 29.7 Å². The molecule has 0 aliphatic carbocycles. The van der Waals surface area contributed by atoms with Crippen molar-refractivity contribution in [3.8, 4) is 17.0 Å². The van der Waals surface area contributed by atoms with Crippen molar-refractivity contribution in [1.29, 1.82) is 0 Å². The first-order valence-corrected chi connectivity index (χ1v) is 11.2. The number of aromatic amines is 1. The van der Waals surface area contributed by atoms with E-state index in [2.05, 4.69) is 4.98 Å². The minimum Gasteiger partial charge on any atom is -0.497 e. The van der Waals surface area contributed by atoms with E-state index in [-0.39, 0.29) is 4.90 Å². The zero-order chi connectivity index (χ0) is 20.4. The first-order valence-electron chi connectivity index (χ1n) is 9.80. The molecule has 2 aromatic carbocycles. The Morgan fingerprint density at radius 1 is 1.00 bits per heavy atom. The lowest BCUT2D eigenvalue weighted by Gasteiger charge is -2.20. The van der Waals surface area contributed by atoms with Crippen LogP contribution in [0, 0.1) is 0 Å². The molecule has 1 aromatic heterocycles. The van der Waals surface area contributed by atoms with Gasteiger partial charge in [-0.15, -0.1) is 0 Å². The van der Waals surface area contributed by atoms with Crippen molar-refractivity contribution in [1.82, 2.24) is 9.29 Å². The lowest BCUT2D eigenvalue weighted by atomic mass is 10.1. The van der Waals surface area contributed by atoms with Crippen molar-refractivity contribution in [3.63, 3.8) is 0 Å². The molecule has 4 rings (SSSR count). The van der Waals surface area contributed by atoms with E-state index in [1.807, 2.05) is 24.3 Å². The molecule has 0 spiro atoms. The smallest absolute Gasteiger partial charge is 0.243 e. The van der Waals surface area contributed by atoms with Gasteiger partial charge < -0.3 is 9.72 Å². The number of methoxy groups -OCH3 is 1. The summed E-state index contributed by atoms with van der Waals surface area (Å²) in [5, 5.41) is 0.613. The zero-order valence-electron chi connectivity index (χ0n) is 16.3. The van der Waals surface area contributed by atoms with Crippen molar-refractivity contribution in [2.24, 2.45) is 0 Å². The van der Waals surface area contributed by atoms with Crippen LogP contribution in [0.4, 0.5) is 0 Å². The molecule has 0 unspecified atom stereocenters. The number of sulfonamides is 1. The molecule has 6 nitrogen and oxygen atoms in total. The molecular formula is C22H24N2O4S. The summed E-state index contributed by atoms with van der Waals surface area (Å²) in [7, 11) is -1.98. The number of H-pyrrole nitrogens is 1. The summed E-state index contributed by atoms with van der Waals surface area (Å²) in [6, 6.07) is 12.3. The first kappa shape index (κ1) is 19.7. The van der Waals surface area contributed by atoms with E-state index in [0.717, 1.165) is 48.8 Å². The van der Waals surface area contributed by atoms with Crippen molar-refractivity contribution in [2.45, 2.75) is 30.6 Å². The lowest BCUT2D eigenvalue weighted by Crippen LogP contribution is -2.31. The van der Waals surface area contributed by atoms with Crippen molar-refractivity contribution >= 4 is 27.2 Å². The molecule has 7 heteroatoms. The number of carbonyl (C=O) groups is 1. The summed E-state index contributed by atoms with van der Waals surface area (Å²) in [6.07, 6.45) is 4.66. The summed E-state index contributed by atoms with van der Waals surface area (Å²) in [5.74, 6) is 0.725. The molecule has 1 N–H and O–H groups in total. The minimum absolute atomic E-state index is 0.232. The maximum Gasteiger partial charge on any atom is 0.243 e. The van der Waals surface area contributed by atoms with Crippen LogP contribution < -0.4 is 4.74 Å². The van der Waals surface area contributed by atoms with E-state index in [1.54, 1.807) is 29.6 Å². The van der Waals surface area contributed by atoms with Gasteiger partial charge in [0.25, 0.3) is 0 Å². The SMILES string of the molecule is COc1ccc(-c2[nH]c3ccc(S(=O)(=O)N4CCCCCC4)cc3c2C=O)cc1. The fourth-order valence-corrected chi connectivity index (χ4v) is 5.44. The van der Waals surface area contributed by atoms with Crippen LogP contribution in [0.25, 0.3) is 22.2 Å². The monoisotopic (exact) mass is 412 g/mol. The predicted octanol–water partition coefficient (Wildman–Crippen LogP) is 4.22. The molecule has 1 aliphatic heterocycles. The highest BCUT2D eigenvalue weighted by molar-refractivity contribution is 7.89. The maximum absolute atomic E-state index is 13.1. The van der Waals surface area contributed by atoms with Gasteiger partial charge in [0.15, 0.2) is 6.29 Å². The Hall–Kier alpha value is -2.64. The van der Waals surface area contributed by atoms with Gasteiger partial charge in [-0.3, -0.25) is 4.79 Å². The largest absolute Gasteiger partial charge is 0.497 e. The lowest BCUT2D eigenvalue weighted by molar-refractivity contribution is 0.112. The molecule has 0 radical (unpaired) electrons. The van der Waals surface area contributed by atoms with Crippen molar-refractivity contribution in [3.05, 3.63) is 48.0 Å². The second kappa shape index (κ2) is 8.00. The number of carbonyl (C=O) groups excluding carboxylic acids is 1. The third-order valence-corrected chi connectivity index (χ3v) is 7.40. The van der Waals surface area contributed by atoms with Crippen LogP contribution in [0.5, 0.6) is 5.75 Å². The van der Waals surface area contributed by atoms with Crippen LogP contribution in [0.15, 0.2) is 47.4 Å². The summed E-state index contributed by atoms with van der Waals surface area (Å²) >= 11 is 0. The number of rotatable bonds is 5. The van der Waals surface area contributed by atoms with Gasteiger partial charge in [-0.05, 0) is 60.9 Å². The summed E-state index contributed by atoms with van der Waals surface area (Å²) in [5.41, 5.74) is 2.69. The molecule has 0 saturated carbocycles. The summed E-state index contributed by atoms with van der Waals surface area (Å²) in [6.45, 7) is 1.09. The zero-order valence-corrected chi connectivity index (χ0v) is 17.2. The van der Waals surface area contributed by atoms with Crippen LogP contribution in [-0.4, -0.2) is 44.2 Å². The average molecular weight is 413 g/mol. The van der Waals surface area contributed by atoms with Gasteiger partial charge in [0.1, 0.15) is 5.75 Å². The highest BCUT2D eigenvalue weighted by Crippen LogP contribution is 2.32. The van der Waals surface area contributed by atoms with Gasteiger partial charge >= 0.3 is 0 Å². The molecular weight excluding hydrogens is 388 g/mol. The van der Waals surface area contributed by atoms with Crippen LogP contribution in [-0.2, 0) is 10.0 Å². The van der Waals surface area contributed by atoms with Crippen LogP contribution in [0.3, 0.4) is 0 Å². The standard InChI is InChI=1S/C22H24N2O4S/c1-28-17-8-6-16(7-9-17)22-20(15-25)19-14-18(10-11-21(19)23-22)29(26,27)24-12-4-2-3-5-13-24/h6-11,14-15,23H,2-5,12-13H2,1H3. The quantitative estimate of drug-likeness (QED) is 0.637. The second-order valence-electron chi connectivity index (χ2n) is 7.29. The van der Waals surface area contributed by atoms with Crippen molar-refractivity contribution in [2.75, 3.05) is 20.2 Å². The van der Waals surface area contributed by atoms with Gasteiger partial charge in [-0.2, -0.15) is 4.31 Å². The molecule has 3 aromatic rings. The van der Waals surface area contributed by atoms with E-state index in [9.17, 15) is 13.2 Å². The molecule has 0 bridgehead atoms. The van der Waals surface area contributed by atoms with E-state index < -0.39 is 10.0 Å². The number of nitrogens with zero attached hydrogens (tertiary/aromatic N) is 1. The normalized spacial score (nSPS) is 15.9. The van der Waals surface area contributed by atoms with Crippen LogP contribution in [0.2, 0.25) is 0 Å². The summed E-state index contributed by atoms with van der Waals surface area (Å²) < 4.78 is 33.0. The number of aldehydes is 1. The predicted molar refractivity (Wildman–Crippen MR) is 113 cm³/mol. The molecule has 1 saturated heterocycles. The Kier molecular flexibility index (Phi) is 5.43.